The Kier molecular flexibility index (Phi) is 6.68. The largest absolute Gasteiger partial charge is 0.462 e. The maximum Gasteiger partial charge on any atom is 0.339 e. The number of carbonyl (C=O) groups excluding carboxylic acids is 3. The molecule has 1 N–H and O–H groups in total. The van der Waals surface area contributed by atoms with Crippen LogP contribution in [0.2, 0.25) is 5.15 Å². The number of nitrogens with zero attached hydrogens (tertiary/aromatic N) is 1. The SMILES string of the molecule is CCOC(=O)c1ccc(NC(=O)C(C)OC(=O)c2ccnc(Cl)c2)cc1. The average molecular weight is 377 g/mol. The van der Waals surface area contributed by atoms with Crippen LogP contribution >= 0.6 is 11.6 Å². The van der Waals surface area contributed by atoms with Gasteiger partial charge < -0.3 is 14.8 Å². The van der Waals surface area contributed by atoms with Crippen LogP contribution in [0.15, 0.2) is 42.6 Å². The Morgan fingerprint density at radius 1 is 1.12 bits per heavy atom. The highest BCUT2D eigenvalue weighted by atomic mass is 35.5. The van der Waals surface area contributed by atoms with Crippen LogP contribution in [0.3, 0.4) is 0 Å². The number of carbonyl (C=O) groups is 3. The van der Waals surface area contributed by atoms with Crippen molar-refractivity contribution >= 4 is 35.1 Å². The van der Waals surface area contributed by atoms with Crippen LogP contribution in [0.5, 0.6) is 0 Å². The maximum atomic E-state index is 12.1. The van der Waals surface area contributed by atoms with Crippen molar-refractivity contribution in [3.63, 3.8) is 0 Å². The van der Waals surface area contributed by atoms with Gasteiger partial charge in [-0.15, -0.1) is 0 Å². The van der Waals surface area contributed by atoms with E-state index >= 15 is 0 Å². The number of anilines is 1. The smallest absolute Gasteiger partial charge is 0.339 e. The van der Waals surface area contributed by atoms with Gasteiger partial charge in [0.1, 0.15) is 5.15 Å². The normalized spacial score (nSPS) is 11.3. The first-order valence-corrected chi connectivity index (χ1v) is 8.19. The molecule has 7 nitrogen and oxygen atoms in total. The minimum atomic E-state index is -1.03. The van der Waals surface area contributed by atoms with Gasteiger partial charge in [0, 0.05) is 11.9 Å². The van der Waals surface area contributed by atoms with Crippen LogP contribution in [0.25, 0.3) is 0 Å². The van der Waals surface area contributed by atoms with Crippen LogP contribution in [-0.4, -0.2) is 35.5 Å². The molecule has 136 valence electrons. The minimum absolute atomic E-state index is 0.151. The number of nitrogens with one attached hydrogen (secondary N) is 1. The molecule has 0 radical (unpaired) electrons. The first kappa shape index (κ1) is 19.4. The van der Waals surface area contributed by atoms with E-state index in [-0.39, 0.29) is 17.3 Å². The summed E-state index contributed by atoms with van der Waals surface area (Å²) in [6, 6.07) is 8.96. The van der Waals surface area contributed by atoms with Gasteiger partial charge in [0.25, 0.3) is 5.91 Å². The first-order valence-electron chi connectivity index (χ1n) is 7.81. The second-order valence-electron chi connectivity index (χ2n) is 5.20. The summed E-state index contributed by atoms with van der Waals surface area (Å²) in [7, 11) is 0. The van der Waals surface area contributed by atoms with E-state index in [1.165, 1.54) is 37.4 Å². The molecule has 0 aliphatic carbocycles. The molecule has 2 aromatic rings. The molecule has 1 amide bonds. The van der Waals surface area contributed by atoms with Crippen LogP contribution in [-0.2, 0) is 14.3 Å². The second-order valence-corrected chi connectivity index (χ2v) is 5.59. The van der Waals surface area contributed by atoms with Crippen molar-refractivity contribution in [3.8, 4) is 0 Å². The fourth-order valence-electron chi connectivity index (χ4n) is 1.96. The maximum absolute atomic E-state index is 12.1. The molecule has 1 heterocycles. The van der Waals surface area contributed by atoms with Gasteiger partial charge in [-0.25, -0.2) is 14.6 Å². The number of aromatic nitrogens is 1. The van der Waals surface area contributed by atoms with Crippen molar-refractivity contribution in [2.24, 2.45) is 0 Å². The summed E-state index contributed by atoms with van der Waals surface area (Å²) in [6.07, 6.45) is 0.341. The number of halogens is 1. The lowest BCUT2D eigenvalue weighted by atomic mass is 10.2. The van der Waals surface area contributed by atoms with Gasteiger partial charge in [-0.05, 0) is 50.2 Å². The van der Waals surface area contributed by atoms with E-state index in [0.29, 0.717) is 11.3 Å². The van der Waals surface area contributed by atoms with Crippen LogP contribution < -0.4 is 5.32 Å². The Labute approximate surface area is 155 Å². The van der Waals surface area contributed by atoms with Crippen LogP contribution in [0.4, 0.5) is 5.69 Å². The molecule has 0 aliphatic heterocycles. The topological polar surface area (TPSA) is 94.6 Å². The zero-order valence-electron chi connectivity index (χ0n) is 14.2. The average Bonchev–Trinajstić information content (AvgIpc) is 2.62. The fraction of sp³-hybridized carbons (Fsp3) is 0.222. The number of amides is 1. The predicted molar refractivity (Wildman–Crippen MR) is 95.2 cm³/mol. The van der Waals surface area contributed by atoms with Gasteiger partial charge in [0.15, 0.2) is 6.10 Å². The van der Waals surface area contributed by atoms with Crippen molar-refractivity contribution in [1.29, 1.82) is 0 Å². The Morgan fingerprint density at radius 3 is 2.42 bits per heavy atom. The lowest BCUT2D eigenvalue weighted by Gasteiger charge is -2.13. The molecule has 1 atom stereocenters. The quantitative estimate of drug-likeness (QED) is 0.615. The monoisotopic (exact) mass is 376 g/mol. The number of esters is 2. The third kappa shape index (κ3) is 5.29. The van der Waals surface area contributed by atoms with Gasteiger partial charge in [-0.2, -0.15) is 0 Å². The predicted octanol–water partition coefficient (Wildman–Crippen LogP) is 3.10. The summed E-state index contributed by atoms with van der Waals surface area (Å²) in [4.78, 5) is 39.5. The van der Waals surface area contributed by atoms with E-state index < -0.39 is 23.9 Å². The number of ether oxygens (including phenoxy) is 2. The van der Waals surface area contributed by atoms with Crippen LogP contribution in [0.1, 0.15) is 34.6 Å². The molecule has 1 aromatic carbocycles. The molecule has 2 rings (SSSR count). The molecular weight excluding hydrogens is 360 g/mol. The van der Waals surface area contributed by atoms with Gasteiger partial charge >= 0.3 is 11.9 Å². The van der Waals surface area contributed by atoms with E-state index in [9.17, 15) is 14.4 Å². The standard InChI is InChI=1S/C18H17ClN2O5/c1-3-25-17(23)12-4-6-14(7-5-12)21-16(22)11(2)26-18(24)13-8-9-20-15(19)10-13/h4-11H,3H2,1-2H3,(H,21,22). The zero-order valence-corrected chi connectivity index (χ0v) is 14.9. The third-order valence-corrected chi connectivity index (χ3v) is 3.49. The Bertz CT molecular complexity index is 807. The molecular formula is C18H17ClN2O5. The number of hydrogen-bond donors (Lipinski definition) is 1. The first-order chi connectivity index (χ1) is 12.4. The highest BCUT2D eigenvalue weighted by molar-refractivity contribution is 6.29. The van der Waals surface area contributed by atoms with E-state index in [2.05, 4.69) is 10.3 Å². The number of pyridine rings is 1. The Hall–Kier alpha value is -2.93. The summed E-state index contributed by atoms with van der Waals surface area (Å²) in [5.74, 6) is -1.64. The summed E-state index contributed by atoms with van der Waals surface area (Å²) >= 11 is 5.72. The van der Waals surface area contributed by atoms with Crippen molar-refractivity contribution in [2.75, 3.05) is 11.9 Å². The highest BCUT2D eigenvalue weighted by Gasteiger charge is 2.19. The van der Waals surface area contributed by atoms with Gasteiger partial charge in [0.05, 0.1) is 17.7 Å². The minimum Gasteiger partial charge on any atom is -0.462 e. The zero-order chi connectivity index (χ0) is 19.1. The molecule has 26 heavy (non-hydrogen) atoms. The van der Waals surface area contributed by atoms with Gasteiger partial charge in [0.2, 0.25) is 0 Å². The van der Waals surface area contributed by atoms with Crippen molar-refractivity contribution in [1.82, 2.24) is 4.98 Å². The molecule has 0 spiro atoms. The second kappa shape index (κ2) is 8.96. The van der Waals surface area contributed by atoms with Gasteiger partial charge in [-0.1, -0.05) is 11.6 Å². The molecule has 0 saturated carbocycles. The molecule has 1 aromatic heterocycles. The number of rotatable bonds is 6. The molecule has 0 aliphatic rings. The van der Waals surface area contributed by atoms with E-state index in [0.717, 1.165) is 0 Å². The Morgan fingerprint density at radius 2 is 1.81 bits per heavy atom. The van der Waals surface area contributed by atoms with E-state index in [1.54, 1.807) is 19.1 Å². The highest BCUT2D eigenvalue weighted by Crippen LogP contribution is 2.13. The summed E-state index contributed by atoms with van der Waals surface area (Å²) in [5, 5.41) is 2.75. The molecule has 0 bridgehead atoms. The summed E-state index contributed by atoms with van der Waals surface area (Å²) < 4.78 is 9.99. The summed E-state index contributed by atoms with van der Waals surface area (Å²) in [5.41, 5.74) is 1.03. The van der Waals surface area contributed by atoms with Crippen molar-refractivity contribution < 1.29 is 23.9 Å². The molecule has 1 unspecified atom stereocenters. The van der Waals surface area contributed by atoms with Crippen molar-refractivity contribution in [2.45, 2.75) is 20.0 Å². The summed E-state index contributed by atoms with van der Waals surface area (Å²) in [6.45, 7) is 3.45. The number of hydrogen-bond acceptors (Lipinski definition) is 6. The van der Waals surface area contributed by atoms with Crippen molar-refractivity contribution in [3.05, 3.63) is 58.9 Å². The molecule has 0 fully saturated rings. The van der Waals surface area contributed by atoms with E-state index in [1.807, 2.05) is 0 Å². The number of benzene rings is 1. The molecule has 8 heteroatoms. The Balaban J connectivity index is 1.94. The third-order valence-electron chi connectivity index (χ3n) is 3.28. The lowest BCUT2D eigenvalue weighted by Crippen LogP contribution is -2.30. The molecule has 0 saturated heterocycles. The van der Waals surface area contributed by atoms with Gasteiger partial charge in [-0.3, -0.25) is 4.79 Å². The lowest BCUT2D eigenvalue weighted by molar-refractivity contribution is -0.123. The van der Waals surface area contributed by atoms with E-state index in [4.69, 9.17) is 21.1 Å². The van der Waals surface area contributed by atoms with Crippen LogP contribution in [0, 0.1) is 0 Å². The fourth-order valence-corrected chi connectivity index (χ4v) is 2.13.